The Morgan fingerprint density at radius 3 is 2.62 bits per heavy atom. The van der Waals surface area contributed by atoms with Crippen molar-refractivity contribution in [2.45, 2.75) is 46.3 Å². The highest BCUT2D eigenvalue weighted by Gasteiger charge is 2.10. The van der Waals surface area contributed by atoms with E-state index in [0.29, 0.717) is 10.2 Å². The lowest BCUT2D eigenvalue weighted by molar-refractivity contribution is 0.00199. The number of nitrogens with zero attached hydrogens (tertiary/aromatic N) is 1. The lowest BCUT2D eigenvalue weighted by Gasteiger charge is -2.15. The van der Waals surface area contributed by atoms with Gasteiger partial charge in [0.15, 0.2) is 0 Å². The van der Waals surface area contributed by atoms with E-state index in [2.05, 4.69) is 10.5 Å². The number of ether oxygens (including phenoxy) is 1. The SMILES string of the molecule is CC(C)OC(=S)Nc1ccc(Cl)c(/C=N\OC(C)(C)C)c1. The summed E-state index contributed by atoms with van der Waals surface area (Å²) in [5, 5.41) is 7.84. The molecule has 0 heterocycles. The Hall–Kier alpha value is -1.33. The maximum absolute atomic E-state index is 6.13. The van der Waals surface area contributed by atoms with Crippen molar-refractivity contribution in [3.8, 4) is 0 Å². The molecule has 0 saturated heterocycles. The van der Waals surface area contributed by atoms with Crippen LogP contribution in [0.4, 0.5) is 5.69 Å². The van der Waals surface area contributed by atoms with Crippen molar-refractivity contribution in [2.24, 2.45) is 5.16 Å². The first kappa shape index (κ1) is 17.7. The molecule has 0 aliphatic rings. The second kappa shape index (κ2) is 7.61. The molecule has 1 rings (SSSR count). The van der Waals surface area contributed by atoms with Crippen molar-refractivity contribution in [3.63, 3.8) is 0 Å². The molecule has 0 saturated carbocycles. The summed E-state index contributed by atoms with van der Waals surface area (Å²) in [6.07, 6.45) is 1.60. The summed E-state index contributed by atoms with van der Waals surface area (Å²) in [5.74, 6) is 0. The highest BCUT2D eigenvalue weighted by Crippen LogP contribution is 2.20. The molecule has 21 heavy (non-hydrogen) atoms. The molecule has 6 heteroatoms. The quantitative estimate of drug-likeness (QED) is 0.498. The molecule has 0 aliphatic heterocycles. The first-order chi connectivity index (χ1) is 9.67. The normalized spacial score (nSPS) is 11.8. The molecular weight excluding hydrogens is 308 g/mol. The topological polar surface area (TPSA) is 42.8 Å². The van der Waals surface area contributed by atoms with Crippen LogP contribution in [0.25, 0.3) is 0 Å². The Bertz CT molecular complexity index is 525. The molecule has 0 unspecified atom stereocenters. The summed E-state index contributed by atoms with van der Waals surface area (Å²) < 4.78 is 5.38. The first-order valence-corrected chi connectivity index (χ1v) is 7.45. The number of benzene rings is 1. The molecule has 0 amide bonds. The molecular formula is C15H21ClN2O2S. The number of anilines is 1. The third kappa shape index (κ3) is 7.29. The van der Waals surface area contributed by atoms with Gasteiger partial charge < -0.3 is 14.9 Å². The zero-order valence-electron chi connectivity index (χ0n) is 12.9. The van der Waals surface area contributed by atoms with E-state index in [1.807, 2.05) is 46.8 Å². The molecule has 0 bridgehead atoms. The third-order valence-corrected chi connectivity index (χ3v) is 2.65. The minimum Gasteiger partial charge on any atom is -0.468 e. The Balaban J connectivity index is 2.78. The van der Waals surface area contributed by atoms with E-state index >= 15 is 0 Å². The number of halogens is 1. The predicted octanol–water partition coefficient (Wildman–Crippen LogP) is 4.61. The fraction of sp³-hybridized carbons (Fsp3) is 0.467. The van der Waals surface area contributed by atoms with E-state index in [1.165, 1.54) is 0 Å². The third-order valence-electron chi connectivity index (χ3n) is 2.10. The van der Waals surface area contributed by atoms with Gasteiger partial charge in [-0.15, -0.1) is 0 Å². The van der Waals surface area contributed by atoms with E-state index in [4.69, 9.17) is 33.4 Å². The van der Waals surface area contributed by atoms with Crippen molar-refractivity contribution in [2.75, 3.05) is 5.32 Å². The van der Waals surface area contributed by atoms with Gasteiger partial charge in [0.1, 0.15) is 5.60 Å². The summed E-state index contributed by atoms with van der Waals surface area (Å²) in [7, 11) is 0. The van der Waals surface area contributed by atoms with Gasteiger partial charge in [-0.1, -0.05) is 16.8 Å². The van der Waals surface area contributed by atoms with Crippen LogP contribution in [-0.4, -0.2) is 23.1 Å². The summed E-state index contributed by atoms with van der Waals surface area (Å²) in [5.41, 5.74) is 1.17. The minimum atomic E-state index is -0.342. The van der Waals surface area contributed by atoms with Crippen LogP contribution < -0.4 is 5.32 Å². The smallest absolute Gasteiger partial charge is 0.261 e. The lowest BCUT2D eigenvalue weighted by atomic mass is 10.2. The van der Waals surface area contributed by atoms with E-state index in [-0.39, 0.29) is 11.7 Å². The standard InChI is InChI=1S/C15H21ClN2O2S/c1-10(2)19-14(21)18-12-6-7-13(16)11(8-12)9-17-20-15(3,4)5/h6-10H,1-5H3,(H,18,21)/b17-9-. The number of nitrogens with one attached hydrogen (secondary N) is 1. The van der Waals surface area contributed by atoms with Crippen LogP contribution in [-0.2, 0) is 9.57 Å². The Morgan fingerprint density at radius 1 is 1.38 bits per heavy atom. The van der Waals surface area contributed by atoms with Crippen molar-refractivity contribution >= 4 is 40.9 Å². The van der Waals surface area contributed by atoms with Gasteiger partial charge in [-0.2, -0.15) is 0 Å². The van der Waals surface area contributed by atoms with Crippen LogP contribution in [0.5, 0.6) is 0 Å². The van der Waals surface area contributed by atoms with E-state index in [0.717, 1.165) is 11.3 Å². The van der Waals surface area contributed by atoms with Gasteiger partial charge >= 0.3 is 0 Å². The summed E-state index contributed by atoms with van der Waals surface area (Å²) in [6, 6.07) is 5.41. The number of oxime groups is 1. The minimum absolute atomic E-state index is 0.0264. The van der Waals surface area contributed by atoms with Crippen molar-refractivity contribution in [3.05, 3.63) is 28.8 Å². The van der Waals surface area contributed by atoms with E-state index in [1.54, 1.807) is 12.3 Å². The maximum Gasteiger partial charge on any atom is 0.261 e. The van der Waals surface area contributed by atoms with Gasteiger partial charge in [-0.25, -0.2) is 0 Å². The number of rotatable bonds is 4. The second-order valence-corrected chi connectivity index (χ2v) is 6.53. The van der Waals surface area contributed by atoms with Gasteiger partial charge in [0.2, 0.25) is 0 Å². The summed E-state index contributed by atoms with van der Waals surface area (Å²) in [4.78, 5) is 5.30. The average Bonchev–Trinajstić information content (AvgIpc) is 2.30. The fourth-order valence-corrected chi connectivity index (χ4v) is 1.80. The molecule has 0 fully saturated rings. The van der Waals surface area contributed by atoms with Gasteiger partial charge in [0, 0.05) is 16.3 Å². The molecule has 1 N–H and O–H groups in total. The molecule has 0 aliphatic carbocycles. The molecule has 4 nitrogen and oxygen atoms in total. The second-order valence-electron chi connectivity index (χ2n) is 5.75. The molecule has 0 radical (unpaired) electrons. The van der Waals surface area contributed by atoms with Gasteiger partial charge in [-0.3, -0.25) is 0 Å². The monoisotopic (exact) mass is 328 g/mol. The van der Waals surface area contributed by atoms with Crippen LogP contribution in [0.1, 0.15) is 40.2 Å². The molecule has 0 spiro atoms. The van der Waals surface area contributed by atoms with Crippen LogP contribution in [0, 0.1) is 0 Å². The summed E-state index contributed by atoms with van der Waals surface area (Å²) in [6.45, 7) is 9.60. The maximum atomic E-state index is 6.13. The van der Waals surface area contributed by atoms with Crippen LogP contribution in [0.3, 0.4) is 0 Å². The molecule has 0 atom stereocenters. The molecule has 116 valence electrons. The zero-order valence-corrected chi connectivity index (χ0v) is 14.5. The van der Waals surface area contributed by atoms with E-state index in [9.17, 15) is 0 Å². The average molecular weight is 329 g/mol. The van der Waals surface area contributed by atoms with Crippen LogP contribution in [0.2, 0.25) is 5.02 Å². The molecule has 0 aromatic heterocycles. The van der Waals surface area contributed by atoms with Crippen LogP contribution in [0.15, 0.2) is 23.4 Å². The number of thiocarbonyl (C=S) groups is 1. The lowest BCUT2D eigenvalue weighted by Crippen LogP contribution is -2.17. The summed E-state index contributed by atoms with van der Waals surface area (Å²) >= 11 is 11.2. The van der Waals surface area contributed by atoms with Crippen molar-refractivity contribution < 1.29 is 9.57 Å². The van der Waals surface area contributed by atoms with Gasteiger partial charge in [0.25, 0.3) is 5.17 Å². The van der Waals surface area contributed by atoms with Crippen molar-refractivity contribution in [1.82, 2.24) is 0 Å². The highest BCUT2D eigenvalue weighted by molar-refractivity contribution is 7.80. The Kier molecular flexibility index (Phi) is 6.42. The number of hydrogen-bond donors (Lipinski definition) is 1. The van der Waals surface area contributed by atoms with Gasteiger partial charge in [-0.05, 0) is 65.0 Å². The van der Waals surface area contributed by atoms with E-state index < -0.39 is 0 Å². The van der Waals surface area contributed by atoms with Gasteiger partial charge in [0.05, 0.1) is 12.3 Å². The highest BCUT2D eigenvalue weighted by atomic mass is 35.5. The van der Waals surface area contributed by atoms with Crippen molar-refractivity contribution in [1.29, 1.82) is 0 Å². The predicted molar refractivity (Wildman–Crippen MR) is 92.3 cm³/mol. The molecule has 1 aromatic carbocycles. The Morgan fingerprint density at radius 2 is 2.05 bits per heavy atom. The number of hydrogen-bond acceptors (Lipinski definition) is 4. The first-order valence-electron chi connectivity index (χ1n) is 6.66. The van der Waals surface area contributed by atoms with Crippen LogP contribution >= 0.6 is 23.8 Å². The Labute approximate surface area is 136 Å². The zero-order chi connectivity index (χ0) is 16.0. The fourth-order valence-electron chi connectivity index (χ4n) is 1.32. The largest absolute Gasteiger partial charge is 0.468 e. The molecule has 1 aromatic rings.